The average Bonchev–Trinajstić information content (AvgIpc) is 3.37. The maximum Gasteiger partial charge on any atom is 0.420 e. The molecule has 0 bridgehead atoms. The fraction of sp³-hybridized carbons (Fsp3) is 0.182. The highest BCUT2D eigenvalue weighted by Gasteiger charge is 2.35. The first kappa shape index (κ1) is 31.9. The van der Waals surface area contributed by atoms with Crippen LogP contribution in [0.2, 0.25) is 0 Å². The molecule has 5 aromatic rings. The summed E-state index contributed by atoms with van der Waals surface area (Å²) in [6.45, 7) is -0.272. The van der Waals surface area contributed by atoms with Crippen molar-refractivity contribution in [2.24, 2.45) is 0 Å². The fourth-order valence-corrected chi connectivity index (χ4v) is 4.75. The van der Waals surface area contributed by atoms with E-state index in [1.165, 1.54) is 30.3 Å². The van der Waals surface area contributed by atoms with Gasteiger partial charge in [0.1, 0.15) is 16.9 Å². The smallest absolute Gasteiger partial charge is 0.420 e. The van der Waals surface area contributed by atoms with Crippen molar-refractivity contribution < 1.29 is 50.6 Å². The number of nitrogens with zero attached hydrogens (tertiary/aromatic N) is 1. The Hall–Kier alpha value is -5.46. The number of nitrogens with one attached hydrogen (secondary N) is 1. The van der Waals surface area contributed by atoms with E-state index in [2.05, 4.69) is 5.32 Å². The number of hydrogen-bond donors (Lipinski definition) is 2. The lowest BCUT2D eigenvalue weighted by molar-refractivity contribution is -0.138. The third-order valence-corrected chi connectivity index (χ3v) is 7.01. The van der Waals surface area contributed by atoms with Crippen LogP contribution in [0.1, 0.15) is 40.4 Å². The average molecular weight is 641 g/mol. The molecule has 8 nitrogen and oxygen atoms in total. The minimum absolute atomic E-state index is 0.0733. The summed E-state index contributed by atoms with van der Waals surface area (Å²) in [7, 11) is 0. The molecule has 2 amide bonds. The Morgan fingerprint density at radius 2 is 1.52 bits per heavy atom. The number of rotatable bonds is 9. The maximum atomic E-state index is 14.2. The number of carbonyl (C=O) groups is 3. The molecular weight excluding hydrogens is 615 g/mol. The number of hydrogen-bond acceptors (Lipinski definition) is 5. The van der Waals surface area contributed by atoms with Crippen LogP contribution in [0.5, 0.6) is 5.75 Å². The number of benzene rings is 4. The lowest BCUT2D eigenvalue weighted by Crippen LogP contribution is -2.33. The zero-order valence-corrected chi connectivity index (χ0v) is 24.0. The molecule has 0 aliphatic carbocycles. The van der Waals surface area contributed by atoms with Gasteiger partial charge in [0.2, 0.25) is 0 Å². The number of anilines is 1. The lowest BCUT2D eigenvalue weighted by Gasteiger charge is -2.24. The number of fused-ring (bicyclic) bond motifs is 3. The van der Waals surface area contributed by atoms with Crippen molar-refractivity contribution in [2.75, 3.05) is 11.4 Å². The van der Waals surface area contributed by atoms with Gasteiger partial charge in [0.25, 0.3) is 11.8 Å². The first-order valence-corrected chi connectivity index (χ1v) is 13.8. The lowest BCUT2D eigenvalue weighted by atomic mass is 10.0. The van der Waals surface area contributed by atoms with Crippen molar-refractivity contribution in [3.05, 3.63) is 107 Å². The van der Waals surface area contributed by atoms with Crippen molar-refractivity contribution >= 4 is 45.6 Å². The Balaban J connectivity index is 1.49. The van der Waals surface area contributed by atoms with Gasteiger partial charge in [0.15, 0.2) is 0 Å². The zero-order valence-electron chi connectivity index (χ0n) is 24.0. The van der Waals surface area contributed by atoms with Crippen LogP contribution >= 0.6 is 0 Å². The second-order valence-corrected chi connectivity index (χ2v) is 10.5. The van der Waals surface area contributed by atoms with Crippen molar-refractivity contribution in [3.8, 4) is 5.75 Å². The van der Waals surface area contributed by atoms with Gasteiger partial charge >= 0.3 is 18.2 Å². The van der Waals surface area contributed by atoms with Crippen LogP contribution in [0, 0.1) is 0 Å². The Labute approximate surface area is 258 Å². The Morgan fingerprint density at radius 3 is 2.20 bits per heavy atom. The first-order valence-electron chi connectivity index (χ1n) is 13.8. The van der Waals surface area contributed by atoms with Crippen molar-refractivity contribution in [1.82, 2.24) is 5.32 Å². The molecule has 0 unspecified atom stereocenters. The number of furan rings is 1. The highest BCUT2D eigenvalue weighted by molar-refractivity contribution is 6.05. The molecule has 46 heavy (non-hydrogen) atoms. The van der Waals surface area contributed by atoms with Gasteiger partial charge in [-0.25, -0.2) is 13.6 Å². The van der Waals surface area contributed by atoms with Crippen LogP contribution < -0.4 is 15.0 Å². The zero-order chi connectivity index (χ0) is 33.2. The van der Waals surface area contributed by atoms with E-state index >= 15 is 0 Å². The number of amides is 2. The summed E-state index contributed by atoms with van der Waals surface area (Å²) in [5.41, 5.74) is -1.17. The number of carboxylic acids is 1. The van der Waals surface area contributed by atoms with E-state index in [-0.39, 0.29) is 35.5 Å². The van der Waals surface area contributed by atoms with E-state index in [4.69, 9.17) is 14.3 Å². The number of carbonyl (C=O) groups excluding carboxylic acids is 2. The summed E-state index contributed by atoms with van der Waals surface area (Å²) < 4.78 is 80.9. The molecule has 0 spiro atoms. The van der Waals surface area contributed by atoms with Gasteiger partial charge in [0, 0.05) is 41.1 Å². The minimum Gasteiger partial charge on any atom is -0.481 e. The van der Waals surface area contributed by atoms with Crippen LogP contribution in [0.25, 0.3) is 21.9 Å². The highest BCUT2D eigenvalue weighted by atomic mass is 19.4. The molecule has 0 aliphatic heterocycles. The standard InChI is InChI=1S/C33H25F5N2O6/c1-32(34,35)21-14-19(15-22(16-21)33(36,37)38)18-40(23-8-6-20(7-9-23)30(43)39-13-12-29(41)42)31(44)45-24-10-11-28-26(17-24)25-4-2-3-5-27(25)46-28/h2-11,14-17H,12-13,18H2,1H3,(H,39,43)(H,41,42). The van der Waals surface area contributed by atoms with Gasteiger partial charge in [-0.3, -0.25) is 14.5 Å². The summed E-state index contributed by atoms with van der Waals surface area (Å²) in [4.78, 5) is 37.7. The topological polar surface area (TPSA) is 109 Å². The molecule has 0 saturated heterocycles. The molecule has 5 rings (SSSR count). The number of halogens is 5. The number of aliphatic carboxylic acids is 1. The summed E-state index contributed by atoms with van der Waals surface area (Å²) in [6.07, 6.45) is -6.30. The molecule has 238 valence electrons. The number of carboxylic acid groups (broad SMARTS) is 1. The molecule has 0 saturated carbocycles. The van der Waals surface area contributed by atoms with E-state index < -0.39 is 47.7 Å². The van der Waals surface area contributed by atoms with Crippen LogP contribution in [0.15, 0.2) is 89.3 Å². The molecule has 0 fully saturated rings. The molecule has 13 heteroatoms. The minimum atomic E-state index is -4.94. The maximum absolute atomic E-state index is 14.2. The van der Waals surface area contributed by atoms with Gasteiger partial charge in [-0.05, 0) is 72.3 Å². The highest BCUT2D eigenvalue weighted by Crippen LogP contribution is 2.36. The SMILES string of the molecule is CC(F)(F)c1cc(CN(C(=O)Oc2ccc3oc4ccccc4c3c2)c2ccc(C(=O)NCCC(=O)O)cc2)cc(C(F)(F)F)c1. The molecule has 2 N–H and O–H groups in total. The fourth-order valence-electron chi connectivity index (χ4n) is 4.75. The molecule has 0 radical (unpaired) electrons. The predicted molar refractivity (Wildman–Crippen MR) is 158 cm³/mol. The van der Waals surface area contributed by atoms with E-state index in [0.717, 1.165) is 16.4 Å². The quantitative estimate of drug-likeness (QED) is 0.158. The third kappa shape index (κ3) is 7.25. The number of alkyl halides is 5. The normalized spacial score (nSPS) is 11.9. The molecule has 0 atom stereocenters. The van der Waals surface area contributed by atoms with Crippen LogP contribution in [0.4, 0.5) is 32.4 Å². The molecule has 1 heterocycles. The molecule has 1 aromatic heterocycles. The van der Waals surface area contributed by atoms with Crippen molar-refractivity contribution in [3.63, 3.8) is 0 Å². The summed E-state index contributed by atoms with van der Waals surface area (Å²) in [6, 6.07) is 19.0. The second kappa shape index (κ2) is 12.5. The second-order valence-electron chi connectivity index (χ2n) is 10.5. The monoisotopic (exact) mass is 640 g/mol. The predicted octanol–water partition coefficient (Wildman–Crippen LogP) is 8.13. The molecule has 4 aromatic carbocycles. The Bertz CT molecular complexity index is 1900. The van der Waals surface area contributed by atoms with Crippen LogP contribution in [-0.2, 0) is 23.4 Å². The van der Waals surface area contributed by atoms with Crippen LogP contribution in [0.3, 0.4) is 0 Å². The summed E-state index contributed by atoms with van der Waals surface area (Å²) in [5, 5.41) is 12.6. The third-order valence-electron chi connectivity index (χ3n) is 7.01. The molecular formula is C33H25F5N2O6. The van der Waals surface area contributed by atoms with Gasteiger partial charge in [-0.1, -0.05) is 18.2 Å². The number of para-hydroxylation sites is 1. The Kier molecular flexibility index (Phi) is 8.68. The summed E-state index contributed by atoms with van der Waals surface area (Å²) in [5.74, 6) is -5.24. The van der Waals surface area contributed by atoms with E-state index in [1.807, 2.05) is 6.07 Å². The Morgan fingerprint density at radius 1 is 0.848 bits per heavy atom. The van der Waals surface area contributed by atoms with Gasteiger partial charge in [0.05, 0.1) is 18.5 Å². The summed E-state index contributed by atoms with van der Waals surface area (Å²) >= 11 is 0. The van der Waals surface area contributed by atoms with E-state index in [1.54, 1.807) is 30.3 Å². The van der Waals surface area contributed by atoms with Crippen LogP contribution in [-0.4, -0.2) is 29.6 Å². The first-order chi connectivity index (χ1) is 21.7. The van der Waals surface area contributed by atoms with E-state index in [9.17, 15) is 36.3 Å². The molecule has 0 aliphatic rings. The van der Waals surface area contributed by atoms with Gasteiger partial charge < -0.3 is 19.6 Å². The van der Waals surface area contributed by atoms with E-state index in [0.29, 0.717) is 35.6 Å². The largest absolute Gasteiger partial charge is 0.481 e. The number of ether oxygens (including phenoxy) is 1. The van der Waals surface area contributed by atoms with Crippen molar-refractivity contribution in [2.45, 2.75) is 32.0 Å². The van der Waals surface area contributed by atoms with Crippen molar-refractivity contribution in [1.29, 1.82) is 0 Å². The van der Waals surface area contributed by atoms with Gasteiger partial charge in [-0.2, -0.15) is 13.2 Å². The van der Waals surface area contributed by atoms with Gasteiger partial charge in [-0.15, -0.1) is 0 Å².